The molecule has 1 aliphatic heterocycles. The van der Waals surface area contributed by atoms with Gasteiger partial charge in [0.05, 0.1) is 6.61 Å². The van der Waals surface area contributed by atoms with Crippen LogP contribution in [0.5, 0.6) is 0 Å². The first-order valence-electron chi connectivity index (χ1n) is 6.23. The minimum absolute atomic E-state index is 0.595. The highest BCUT2D eigenvalue weighted by Crippen LogP contribution is 2.40. The Morgan fingerprint density at radius 1 is 1.38 bits per heavy atom. The lowest BCUT2D eigenvalue weighted by atomic mass is 9.70. The van der Waals surface area contributed by atoms with Gasteiger partial charge < -0.3 is 10.1 Å². The Morgan fingerprint density at radius 2 is 2.25 bits per heavy atom. The van der Waals surface area contributed by atoms with E-state index in [2.05, 4.69) is 36.6 Å². The van der Waals surface area contributed by atoms with Crippen molar-refractivity contribution in [1.82, 2.24) is 5.32 Å². The maximum atomic E-state index is 5.51. The molecule has 3 unspecified atom stereocenters. The van der Waals surface area contributed by atoms with Crippen LogP contribution in [0.3, 0.4) is 0 Å². The van der Waals surface area contributed by atoms with Crippen LogP contribution in [0.4, 0.5) is 0 Å². The van der Waals surface area contributed by atoms with E-state index in [9.17, 15) is 0 Å². The molecular weight excluding hydrogens is 198 g/mol. The molecule has 1 heterocycles. The van der Waals surface area contributed by atoms with Gasteiger partial charge in [-0.25, -0.2) is 0 Å². The molecule has 1 fully saturated rings. The van der Waals surface area contributed by atoms with Gasteiger partial charge >= 0.3 is 0 Å². The number of fused-ring (bicyclic) bond motifs is 1. The fraction of sp³-hybridized carbons (Fsp3) is 0.571. The van der Waals surface area contributed by atoms with E-state index in [4.69, 9.17) is 4.74 Å². The van der Waals surface area contributed by atoms with Crippen molar-refractivity contribution < 1.29 is 4.74 Å². The molecule has 1 aromatic carbocycles. The third-order valence-corrected chi connectivity index (χ3v) is 4.13. The van der Waals surface area contributed by atoms with E-state index in [1.807, 2.05) is 0 Å². The van der Waals surface area contributed by atoms with E-state index < -0.39 is 0 Å². The number of hydrogen-bond acceptors (Lipinski definition) is 2. The van der Waals surface area contributed by atoms with Crippen LogP contribution in [0, 0.1) is 5.92 Å². The maximum absolute atomic E-state index is 5.51. The van der Waals surface area contributed by atoms with Crippen LogP contribution in [0.2, 0.25) is 0 Å². The molecule has 2 aliphatic rings. The molecule has 16 heavy (non-hydrogen) atoms. The van der Waals surface area contributed by atoms with Crippen LogP contribution in [-0.4, -0.2) is 26.3 Å². The summed E-state index contributed by atoms with van der Waals surface area (Å²) in [6.07, 6.45) is 2.45. The smallest absolute Gasteiger partial charge is 0.0510 e. The number of nitrogens with one attached hydrogen (secondary N) is 1. The fourth-order valence-corrected chi connectivity index (χ4v) is 3.22. The summed E-state index contributed by atoms with van der Waals surface area (Å²) in [5.41, 5.74) is 3.08. The highest BCUT2D eigenvalue weighted by atomic mass is 16.5. The molecule has 2 nitrogen and oxygen atoms in total. The summed E-state index contributed by atoms with van der Waals surface area (Å²) in [5.74, 6) is 1.40. The van der Waals surface area contributed by atoms with Crippen LogP contribution in [-0.2, 0) is 11.2 Å². The Bertz CT molecular complexity index is 371. The molecule has 1 aliphatic carbocycles. The number of hydrogen-bond donors (Lipinski definition) is 1. The van der Waals surface area contributed by atoms with Gasteiger partial charge in [-0.05, 0) is 31.0 Å². The lowest BCUT2D eigenvalue weighted by Gasteiger charge is -2.39. The average Bonchev–Trinajstić information content (AvgIpc) is 2.79. The monoisotopic (exact) mass is 217 g/mol. The van der Waals surface area contributed by atoms with Gasteiger partial charge in [0.1, 0.15) is 0 Å². The zero-order valence-electron chi connectivity index (χ0n) is 9.78. The molecular formula is C14H19NO. The summed E-state index contributed by atoms with van der Waals surface area (Å²) in [7, 11) is 2.09. The molecule has 0 saturated carbocycles. The Balaban J connectivity index is 1.78. The average molecular weight is 217 g/mol. The van der Waals surface area contributed by atoms with Crippen LogP contribution in [0.15, 0.2) is 24.3 Å². The van der Waals surface area contributed by atoms with Crippen LogP contribution < -0.4 is 5.32 Å². The summed E-state index contributed by atoms with van der Waals surface area (Å²) in [6.45, 7) is 1.88. The second-order valence-corrected chi connectivity index (χ2v) is 4.95. The largest absolute Gasteiger partial charge is 0.381 e. The molecule has 0 spiro atoms. The van der Waals surface area contributed by atoms with E-state index in [1.54, 1.807) is 5.56 Å². The van der Waals surface area contributed by atoms with Crippen LogP contribution >= 0.6 is 0 Å². The molecule has 0 aromatic heterocycles. The third-order valence-electron chi connectivity index (χ3n) is 4.13. The lowest BCUT2D eigenvalue weighted by molar-refractivity contribution is 0.171. The summed E-state index contributed by atoms with van der Waals surface area (Å²) in [4.78, 5) is 0. The molecule has 86 valence electrons. The number of likely N-dealkylation sites (N-methyl/N-ethyl adjacent to an activating group) is 1. The number of ether oxygens (including phenoxy) is 1. The quantitative estimate of drug-likeness (QED) is 0.835. The van der Waals surface area contributed by atoms with Crippen molar-refractivity contribution >= 4 is 0 Å². The SMILES string of the molecule is CNC(C1CCOC1)C1Cc2ccccc21. The summed E-state index contributed by atoms with van der Waals surface area (Å²) >= 11 is 0. The van der Waals surface area contributed by atoms with Crippen molar-refractivity contribution in [2.45, 2.75) is 24.8 Å². The van der Waals surface area contributed by atoms with Gasteiger partial charge in [0.2, 0.25) is 0 Å². The Labute approximate surface area is 97.0 Å². The third kappa shape index (κ3) is 1.57. The van der Waals surface area contributed by atoms with Gasteiger partial charge in [0.15, 0.2) is 0 Å². The molecule has 0 radical (unpaired) electrons. The van der Waals surface area contributed by atoms with Crippen molar-refractivity contribution in [3.8, 4) is 0 Å². The van der Waals surface area contributed by atoms with E-state index in [0.29, 0.717) is 17.9 Å². The van der Waals surface area contributed by atoms with Crippen molar-refractivity contribution in [2.24, 2.45) is 5.92 Å². The summed E-state index contributed by atoms with van der Waals surface area (Å²) < 4.78 is 5.51. The second-order valence-electron chi connectivity index (χ2n) is 4.95. The molecule has 0 bridgehead atoms. The summed E-state index contributed by atoms with van der Waals surface area (Å²) in [6, 6.07) is 9.43. The topological polar surface area (TPSA) is 21.3 Å². The molecule has 0 amide bonds. The van der Waals surface area contributed by atoms with Gasteiger partial charge in [-0.2, -0.15) is 0 Å². The van der Waals surface area contributed by atoms with Gasteiger partial charge in [0, 0.05) is 24.5 Å². The Kier molecular flexibility index (Phi) is 2.70. The van der Waals surface area contributed by atoms with E-state index in [1.165, 1.54) is 18.4 Å². The van der Waals surface area contributed by atoms with Crippen molar-refractivity contribution in [2.75, 3.05) is 20.3 Å². The normalized spacial score (nSPS) is 29.6. The zero-order chi connectivity index (χ0) is 11.0. The Hall–Kier alpha value is -0.860. The van der Waals surface area contributed by atoms with Crippen molar-refractivity contribution in [1.29, 1.82) is 0 Å². The first kappa shape index (κ1) is 10.3. The van der Waals surface area contributed by atoms with E-state index >= 15 is 0 Å². The maximum Gasteiger partial charge on any atom is 0.0510 e. The molecule has 1 aromatic rings. The Morgan fingerprint density at radius 3 is 2.94 bits per heavy atom. The minimum Gasteiger partial charge on any atom is -0.381 e. The highest BCUT2D eigenvalue weighted by Gasteiger charge is 2.37. The van der Waals surface area contributed by atoms with Gasteiger partial charge in [-0.1, -0.05) is 24.3 Å². The van der Waals surface area contributed by atoms with Crippen LogP contribution in [0.1, 0.15) is 23.5 Å². The fourth-order valence-electron chi connectivity index (χ4n) is 3.22. The first-order chi connectivity index (χ1) is 7.90. The highest BCUT2D eigenvalue weighted by molar-refractivity contribution is 5.41. The number of rotatable bonds is 3. The molecule has 3 rings (SSSR count). The first-order valence-corrected chi connectivity index (χ1v) is 6.23. The van der Waals surface area contributed by atoms with Crippen LogP contribution in [0.25, 0.3) is 0 Å². The van der Waals surface area contributed by atoms with Gasteiger partial charge in [-0.3, -0.25) is 0 Å². The number of benzene rings is 1. The second kappa shape index (κ2) is 4.19. The summed E-state index contributed by atoms with van der Waals surface area (Å²) in [5, 5.41) is 3.51. The van der Waals surface area contributed by atoms with Crippen molar-refractivity contribution in [3.05, 3.63) is 35.4 Å². The predicted octanol–water partition coefficient (Wildman–Crippen LogP) is 1.95. The molecule has 2 heteroatoms. The van der Waals surface area contributed by atoms with Crippen molar-refractivity contribution in [3.63, 3.8) is 0 Å². The van der Waals surface area contributed by atoms with E-state index in [0.717, 1.165) is 13.2 Å². The van der Waals surface area contributed by atoms with Gasteiger partial charge in [-0.15, -0.1) is 0 Å². The zero-order valence-corrected chi connectivity index (χ0v) is 9.78. The predicted molar refractivity (Wildman–Crippen MR) is 64.7 cm³/mol. The molecule has 1 saturated heterocycles. The van der Waals surface area contributed by atoms with Gasteiger partial charge in [0.25, 0.3) is 0 Å². The molecule has 3 atom stereocenters. The molecule has 1 N–H and O–H groups in total. The standard InChI is InChI=1S/C14H19NO/c1-15-14(11-6-7-16-9-11)13-8-10-4-2-3-5-12(10)13/h2-5,11,13-15H,6-9H2,1H3. The lowest BCUT2D eigenvalue weighted by Crippen LogP contribution is -2.43. The van der Waals surface area contributed by atoms with E-state index in [-0.39, 0.29) is 0 Å². The minimum atomic E-state index is 0.595.